The molecule has 0 bridgehead atoms. The van der Waals surface area contributed by atoms with Crippen LogP contribution in [0.1, 0.15) is 5.56 Å². The highest BCUT2D eigenvalue weighted by Crippen LogP contribution is 2.18. The van der Waals surface area contributed by atoms with Crippen molar-refractivity contribution in [3.05, 3.63) is 74.3 Å². The van der Waals surface area contributed by atoms with Gasteiger partial charge in [-0.1, -0.05) is 6.07 Å². The standard InChI is InChI=1S/C15H12N4O6/c20-15(10-25-14-3-1-2-13(8-14)19(23)24)17-16-9-11-4-6-12(7-5-11)18(21)22/h1-9H,10H2,(H,17,20)/b16-9-. The lowest BCUT2D eigenvalue weighted by molar-refractivity contribution is -0.385. The van der Waals surface area contributed by atoms with Gasteiger partial charge in [0.15, 0.2) is 6.61 Å². The molecule has 128 valence electrons. The zero-order valence-electron chi connectivity index (χ0n) is 12.7. The van der Waals surface area contributed by atoms with Gasteiger partial charge in [0, 0.05) is 18.2 Å². The van der Waals surface area contributed by atoms with Crippen LogP contribution in [0.3, 0.4) is 0 Å². The number of ether oxygens (including phenoxy) is 1. The van der Waals surface area contributed by atoms with Crippen LogP contribution in [0.5, 0.6) is 5.75 Å². The Morgan fingerprint density at radius 3 is 2.40 bits per heavy atom. The van der Waals surface area contributed by atoms with E-state index in [9.17, 15) is 25.0 Å². The van der Waals surface area contributed by atoms with E-state index in [1.807, 2.05) is 0 Å². The molecule has 0 aromatic heterocycles. The van der Waals surface area contributed by atoms with E-state index in [4.69, 9.17) is 4.74 Å². The largest absolute Gasteiger partial charge is 0.483 e. The molecule has 0 unspecified atom stereocenters. The van der Waals surface area contributed by atoms with Crippen LogP contribution < -0.4 is 10.2 Å². The Bertz CT molecular complexity index is 819. The monoisotopic (exact) mass is 344 g/mol. The van der Waals surface area contributed by atoms with Gasteiger partial charge in [0.05, 0.1) is 22.1 Å². The second-order valence-electron chi connectivity index (χ2n) is 4.68. The third-order valence-electron chi connectivity index (χ3n) is 2.91. The van der Waals surface area contributed by atoms with Crippen LogP contribution in [0.25, 0.3) is 0 Å². The average Bonchev–Trinajstić information content (AvgIpc) is 2.60. The highest BCUT2D eigenvalue weighted by Gasteiger charge is 2.08. The Hall–Kier alpha value is -3.82. The van der Waals surface area contributed by atoms with Crippen molar-refractivity contribution in [1.82, 2.24) is 5.43 Å². The maximum atomic E-state index is 11.6. The fourth-order valence-corrected chi connectivity index (χ4v) is 1.73. The van der Waals surface area contributed by atoms with E-state index in [2.05, 4.69) is 10.5 Å². The Balaban J connectivity index is 1.83. The van der Waals surface area contributed by atoms with Gasteiger partial charge in [-0.2, -0.15) is 5.10 Å². The Morgan fingerprint density at radius 1 is 1.08 bits per heavy atom. The van der Waals surface area contributed by atoms with Crippen molar-refractivity contribution in [2.24, 2.45) is 5.10 Å². The number of nitrogens with zero attached hydrogens (tertiary/aromatic N) is 3. The molecule has 1 N–H and O–H groups in total. The first kappa shape index (κ1) is 17.5. The molecule has 0 saturated carbocycles. The van der Waals surface area contributed by atoms with Crippen molar-refractivity contribution in [2.75, 3.05) is 6.61 Å². The number of nitrogens with one attached hydrogen (secondary N) is 1. The number of nitro groups is 2. The quantitative estimate of drug-likeness (QED) is 0.463. The number of carbonyl (C=O) groups is 1. The Labute approximate surface area is 141 Å². The van der Waals surface area contributed by atoms with Crippen LogP contribution in [-0.2, 0) is 4.79 Å². The third-order valence-corrected chi connectivity index (χ3v) is 2.91. The molecule has 0 aliphatic heterocycles. The van der Waals surface area contributed by atoms with Gasteiger partial charge < -0.3 is 4.74 Å². The van der Waals surface area contributed by atoms with E-state index >= 15 is 0 Å². The van der Waals surface area contributed by atoms with Crippen LogP contribution >= 0.6 is 0 Å². The van der Waals surface area contributed by atoms with Gasteiger partial charge >= 0.3 is 0 Å². The minimum Gasteiger partial charge on any atom is -0.483 e. The topological polar surface area (TPSA) is 137 Å². The molecule has 0 fully saturated rings. The van der Waals surface area contributed by atoms with Gasteiger partial charge in [-0.15, -0.1) is 0 Å². The minimum absolute atomic E-state index is 0.0495. The maximum Gasteiger partial charge on any atom is 0.277 e. The molecule has 0 saturated heterocycles. The van der Waals surface area contributed by atoms with Crippen molar-refractivity contribution in [1.29, 1.82) is 0 Å². The second kappa shape index (κ2) is 8.15. The van der Waals surface area contributed by atoms with Crippen molar-refractivity contribution in [3.63, 3.8) is 0 Å². The fourth-order valence-electron chi connectivity index (χ4n) is 1.73. The zero-order chi connectivity index (χ0) is 18.2. The molecule has 2 aromatic carbocycles. The van der Waals surface area contributed by atoms with Crippen molar-refractivity contribution >= 4 is 23.5 Å². The summed E-state index contributed by atoms with van der Waals surface area (Å²) in [5.74, 6) is -0.381. The predicted octanol–water partition coefficient (Wildman–Crippen LogP) is 2.03. The number of carbonyl (C=O) groups excluding carboxylic acids is 1. The molecule has 0 radical (unpaired) electrons. The summed E-state index contributed by atoms with van der Waals surface area (Å²) in [6.45, 7) is -0.376. The van der Waals surface area contributed by atoms with Gasteiger partial charge in [0.1, 0.15) is 5.75 Å². The Kier molecular flexibility index (Phi) is 5.72. The lowest BCUT2D eigenvalue weighted by atomic mass is 10.2. The summed E-state index contributed by atoms with van der Waals surface area (Å²) in [4.78, 5) is 31.7. The van der Waals surface area contributed by atoms with Crippen molar-refractivity contribution in [2.45, 2.75) is 0 Å². The summed E-state index contributed by atoms with van der Waals surface area (Å²) in [6.07, 6.45) is 1.31. The van der Waals surface area contributed by atoms with Crippen LogP contribution in [-0.4, -0.2) is 28.6 Å². The van der Waals surface area contributed by atoms with Gasteiger partial charge in [-0.25, -0.2) is 5.43 Å². The first-order chi connectivity index (χ1) is 12.0. The number of benzene rings is 2. The first-order valence-electron chi connectivity index (χ1n) is 6.89. The molecular formula is C15H12N4O6. The lowest BCUT2D eigenvalue weighted by Crippen LogP contribution is -2.24. The third kappa shape index (κ3) is 5.39. The molecule has 2 aromatic rings. The average molecular weight is 344 g/mol. The summed E-state index contributed by atoms with van der Waals surface area (Å²) in [5.41, 5.74) is 2.58. The van der Waals surface area contributed by atoms with Gasteiger partial charge in [0.25, 0.3) is 17.3 Å². The normalized spacial score (nSPS) is 10.4. The molecule has 1 amide bonds. The molecule has 0 heterocycles. The van der Waals surface area contributed by atoms with E-state index in [-0.39, 0.29) is 23.7 Å². The fraction of sp³-hybridized carbons (Fsp3) is 0.0667. The molecule has 10 nitrogen and oxygen atoms in total. The van der Waals surface area contributed by atoms with E-state index in [1.165, 1.54) is 54.7 Å². The van der Waals surface area contributed by atoms with Crippen LogP contribution in [0.15, 0.2) is 53.6 Å². The minimum atomic E-state index is -0.568. The summed E-state index contributed by atoms with van der Waals surface area (Å²) < 4.78 is 5.14. The van der Waals surface area contributed by atoms with E-state index in [0.29, 0.717) is 5.56 Å². The smallest absolute Gasteiger partial charge is 0.277 e. The van der Waals surface area contributed by atoms with Crippen LogP contribution in [0.2, 0.25) is 0 Å². The molecule has 0 aliphatic carbocycles. The number of hydrogen-bond donors (Lipinski definition) is 1. The Morgan fingerprint density at radius 2 is 1.76 bits per heavy atom. The number of amides is 1. The molecule has 0 spiro atoms. The molecule has 0 atom stereocenters. The van der Waals surface area contributed by atoms with E-state index in [1.54, 1.807) is 0 Å². The van der Waals surface area contributed by atoms with Gasteiger partial charge in [-0.05, 0) is 23.8 Å². The molecular weight excluding hydrogens is 332 g/mol. The maximum absolute atomic E-state index is 11.6. The van der Waals surface area contributed by atoms with Gasteiger partial charge in [0.2, 0.25) is 0 Å². The molecule has 0 aliphatic rings. The van der Waals surface area contributed by atoms with Crippen molar-refractivity contribution in [3.8, 4) is 5.75 Å². The van der Waals surface area contributed by atoms with Crippen LogP contribution in [0.4, 0.5) is 11.4 Å². The molecule has 25 heavy (non-hydrogen) atoms. The molecule has 10 heteroatoms. The number of hydrazone groups is 1. The van der Waals surface area contributed by atoms with Crippen molar-refractivity contribution < 1.29 is 19.4 Å². The SMILES string of the molecule is O=C(COc1cccc([N+](=O)[O-])c1)N/N=C\c1ccc([N+](=O)[O-])cc1. The number of rotatable bonds is 7. The second-order valence-corrected chi connectivity index (χ2v) is 4.68. The number of hydrogen-bond acceptors (Lipinski definition) is 7. The van der Waals surface area contributed by atoms with E-state index < -0.39 is 15.8 Å². The number of non-ortho nitro benzene ring substituents is 2. The molecule has 2 rings (SSSR count). The number of nitro benzene ring substituents is 2. The zero-order valence-corrected chi connectivity index (χ0v) is 12.7. The predicted molar refractivity (Wildman–Crippen MR) is 87.4 cm³/mol. The first-order valence-corrected chi connectivity index (χ1v) is 6.89. The summed E-state index contributed by atoms with van der Waals surface area (Å²) >= 11 is 0. The summed E-state index contributed by atoms with van der Waals surface area (Å²) in [5, 5.41) is 24.9. The van der Waals surface area contributed by atoms with E-state index in [0.717, 1.165) is 0 Å². The highest BCUT2D eigenvalue weighted by molar-refractivity contribution is 5.83. The highest BCUT2D eigenvalue weighted by atomic mass is 16.6. The summed E-state index contributed by atoms with van der Waals surface area (Å²) in [6, 6.07) is 11.0. The summed E-state index contributed by atoms with van der Waals surface area (Å²) in [7, 11) is 0. The van der Waals surface area contributed by atoms with Gasteiger partial charge in [-0.3, -0.25) is 25.0 Å². The van der Waals surface area contributed by atoms with Crippen LogP contribution in [0, 0.1) is 20.2 Å². The lowest BCUT2D eigenvalue weighted by Gasteiger charge is -2.04.